The fourth-order valence-corrected chi connectivity index (χ4v) is 3.52. The highest BCUT2D eigenvalue weighted by Gasteiger charge is 2.27. The van der Waals surface area contributed by atoms with Crippen molar-refractivity contribution in [2.45, 2.75) is 18.9 Å². The summed E-state index contributed by atoms with van der Waals surface area (Å²) < 4.78 is 4.99. The molecule has 37 heavy (non-hydrogen) atoms. The van der Waals surface area contributed by atoms with Gasteiger partial charge in [0.15, 0.2) is 11.6 Å². The number of carbonyl (C=O) groups is 1. The molecule has 2 aromatic heterocycles. The molecule has 2 aromatic carbocycles. The average molecular weight is 524 g/mol. The van der Waals surface area contributed by atoms with Crippen molar-refractivity contribution in [1.29, 1.82) is 0 Å². The van der Waals surface area contributed by atoms with E-state index in [1.165, 1.54) is 0 Å². The molecule has 1 saturated heterocycles. The van der Waals surface area contributed by atoms with Crippen LogP contribution in [0.3, 0.4) is 0 Å². The topological polar surface area (TPSA) is 128 Å². The molecule has 0 bridgehead atoms. The Kier molecular flexibility index (Phi) is 8.76. The molecule has 11 heteroatoms. The number of hydrogen-bond acceptors (Lipinski definition) is 9. The van der Waals surface area contributed by atoms with Crippen molar-refractivity contribution in [3.05, 3.63) is 59.8 Å². The Hall–Kier alpha value is -3.89. The number of halogens is 1. The number of aromatic nitrogens is 4. The van der Waals surface area contributed by atoms with Gasteiger partial charge in [-0.05, 0) is 49.2 Å². The van der Waals surface area contributed by atoms with E-state index in [9.17, 15) is 9.90 Å². The Labute approximate surface area is 220 Å². The summed E-state index contributed by atoms with van der Waals surface area (Å²) in [6.07, 6.45) is 4.55. The largest absolute Gasteiger partial charge is 0.497 e. The molecule has 194 valence electrons. The molecule has 3 heterocycles. The van der Waals surface area contributed by atoms with Crippen LogP contribution in [0.2, 0.25) is 5.02 Å². The lowest BCUT2D eigenvalue weighted by Gasteiger charge is -2.35. The van der Waals surface area contributed by atoms with Crippen molar-refractivity contribution in [2.24, 2.45) is 5.92 Å². The second-order valence-electron chi connectivity index (χ2n) is 8.62. The van der Waals surface area contributed by atoms with Gasteiger partial charge in [0.25, 0.3) is 0 Å². The number of hydrogen-bond donors (Lipinski definition) is 4. The Morgan fingerprint density at radius 3 is 2.46 bits per heavy atom. The smallest absolute Gasteiger partial charge is 0.227 e. The number of carbonyl (C=O) groups excluding carboxylic acids is 1. The van der Waals surface area contributed by atoms with Crippen LogP contribution >= 0.6 is 11.6 Å². The molecule has 0 atom stereocenters. The molecular weight excluding hydrogens is 494 g/mol. The van der Waals surface area contributed by atoms with Gasteiger partial charge in [0.05, 0.1) is 24.9 Å². The van der Waals surface area contributed by atoms with Crippen molar-refractivity contribution >= 4 is 52.1 Å². The van der Waals surface area contributed by atoms with Crippen molar-refractivity contribution in [2.75, 3.05) is 42.8 Å². The van der Waals surface area contributed by atoms with E-state index < -0.39 is 0 Å². The standard InChI is InChI=1S/C14H13ClN6O.C8H11NO.C4H6O/c15-10-5-16-14(21-6-8(22)7-21)18-13(10)17-12-9-3-1-2-4-11(9)19-20-12;1-9-7-3-5-8(10-2)6-4-7;5-3-4-1-2-4/h1-5,8,22H,6-7H2,(H2,16,17,18,19,20);3-6,9H,1-2H3;3-4H,1-2H2. The lowest BCUT2D eigenvalue weighted by molar-refractivity contribution is -0.108. The van der Waals surface area contributed by atoms with Crippen LogP contribution in [0.1, 0.15) is 12.8 Å². The quantitative estimate of drug-likeness (QED) is 0.274. The number of nitrogens with zero attached hydrogens (tertiary/aromatic N) is 4. The van der Waals surface area contributed by atoms with E-state index in [2.05, 4.69) is 30.8 Å². The Bertz CT molecular complexity index is 1280. The number of aldehydes is 1. The number of aliphatic hydroxyl groups excluding tert-OH is 1. The second kappa shape index (κ2) is 12.4. The zero-order valence-corrected chi connectivity index (χ0v) is 21.4. The van der Waals surface area contributed by atoms with E-state index in [-0.39, 0.29) is 6.10 Å². The van der Waals surface area contributed by atoms with Crippen molar-refractivity contribution in [1.82, 2.24) is 20.2 Å². The number of para-hydroxylation sites is 1. The van der Waals surface area contributed by atoms with Gasteiger partial charge in [-0.15, -0.1) is 0 Å². The average Bonchev–Trinajstić information content (AvgIpc) is 3.69. The fraction of sp³-hybridized carbons (Fsp3) is 0.308. The van der Waals surface area contributed by atoms with E-state index in [0.29, 0.717) is 41.6 Å². The molecule has 2 aliphatic rings. The van der Waals surface area contributed by atoms with Crippen LogP contribution in [-0.2, 0) is 4.79 Å². The van der Waals surface area contributed by atoms with Gasteiger partial charge >= 0.3 is 0 Å². The van der Waals surface area contributed by atoms with Crippen molar-refractivity contribution < 1.29 is 14.6 Å². The van der Waals surface area contributed by atoms with E-state index in [0.717, 1.165) is 41.5 Å². The van der Waals surface area contributed by atoms with Gasteiger partial charge in [-0.3, -0.25) is 5.10 Å². The van der Waals surface area contributed by atoms with Crippen LogP contribution < -0.4 is 20.3 Å². The van der Waals surface area contributed by atoms with Crippen LogP contribution in [0, 0.1) is 5.92 Å². The second-order valence-corrected chi connectivity index (χ2v) is 9.03. The van der Waals surface area contributed by atoms with E-state index in [4.69, 9.17) is 16.3 Å². The summed E-state index contributed by atoms with van der Waals surface area (Å²) in [5.74, 6) is 3.03. The van der Waals surface area contributed by atoms with Gasteiger partial charge in [-0.2, -0.15) is 10.1 Å². The molecular formula is C26H30ClN7O3. The van der Waals surface area contributed by atoms with Crippen LogP contribution in [0.25, 0.3) is 10.9 Å². The normalized spacial score (nSPS) is 14.4. The summed E-state index contributed by atoms with van der Waals surface area (Å²) in [6, 6.07) is 15.6. The molecule has 4 N–H and O–H groups in total. The third kappa shape index (κ3) is 7.08. The predicted octanol–water partition coefficient (Wildman–Crippen LogP) is 4.26. The number of aromatic amines is 1. The molecule has 1 saturated carbocycles. The Morgan fingerprint density at radius 2 is 1.86 bits per heavy atom. The highest BCUT2D eigenvalue weighted by Crippen LogP contribution is 2.29. The molecule has 0 radical (unpaired) electrons. The predicted molar refractivity (Wildman–Crippen MR) is 146 cm³/mol. The summed E-state index contributed by atoms with van der Waals surface area (Å²) in [4.78, 5) is 20.1. The first-order valence-corrected chi connectivity index (χ1v) is 12.3. The molecule has 0 amide bonds. The molecule has 0 spiro atoms. The maximum atomic E-state index is 9.57. The maximum Gasteiger partial charge on any atom is 0.227 e. The Morgan fingerprint density at radius 1 is 1.14 bits per heavy atom. The summed E-state index contributed by atoms with van der Waals surface area (Å²) in [6.45, 7) is 1.07. The van der Waals surface area contributed by atoms with Crippen molar-refractivity contribution in [3.63, 3.8) is 0 Å². The number of H-pyrrole nitrogens is 1. The fourth-order valence-electron chi connectivity index (χ4n) is 3.38. The number of β-amino-alcohol motifs (C(OH)–C–C–N with tert-alkyl or cyclic N) is 1. The number of fused-ring (bicyclic) bond motifs is 1. The van der Waals surface area contributed by atoms with Crippen molar-refractivity contribution in [3.8, 4) is 5.75 Å². The summed E-state index contributed by atoms with van der Waals surface area (Å²) in [7, 11) is 3.55. The first-order valence-electron chi connectivity index (χ1n) is 11.9. The monoisotopic (exact) mass is 523 g/mol. The highest BCUT2D eigenvalue weighted by atomic mass is 35.5. The zero-order valence-electron chi connectivity index (χ0n) is 20.7. The Balaban J connectivity index is 0.000000175. The third-order valence-corrected chi connectivity index (χ3v) is 6.05. The van der Waals surface area contributed by atoms with Crippen LogP contribution in [-0.4, -0.2) is 64.9 Å². The van der Waals surface area contributed by atoms with Gasteiger partial charge in [0.1, 0.15) is 17.1 Å². The number of rotatable bonds is 6. The number of nitrogens with one attached hydrogen (secondary N) is 3. The van der Waals surface area contributed by atoms with Crippen LogP contribution in [0.15, 0.2) is 54.7 Å². The molecule has 2 fully saturated rings. The number of anilines is 4. The molecule has 4 aromatic rings. The number of aliphatic hydroxyl groups is 1. The minimum Gasteiger partial charge on any atom is -0.497 e. The highest BCUT2D eigenvalue weighted by molar-refractivity contribution is 6.33. The minimum absolute atomic E-state index is 0.314. The summed E-state index contributed by atoms with van der Waals surface area (Å²) in [5, 5.41) is 24.1. The third-order valence-electron chi connectivity index (χ3n) is 5.78. The van der Waals surface area contributed by atoms with Gasteiger partial charge in [-0.25, -0.2) is 4.98 Å². The SMILES string of the molecule is CNc1ccc(OC)cc1.O=CC1CC1.OC1CN(c2ncc(Cl)c(Nc3n[nH]c4ccccc34)n2)C1. The number of methoxy groups -OCH3 is 1. The summed E-state index contributed by atoms with van der Waals surface area (Å²) in [5.41, 5.74) is 2.03. The minimum atomic E-state index is -0.314. The number of ether oxygens (including phenoxy) is 1. The lowest BCUT2D eigenvalue weighted by Crippen LogP contribution is -2.51. The molecule has 6 rings (SSSR count). The van der Waals surface area contributed by atoms with Gasteiger partial charge in [0, 0.05) is 37.1 Å². The van der Waals surface area contributed by atoms with E-state index in [1.807, 2.05) is 60.5 Å². The molecule has 0 unspecified atom stereocenters. The van der Waals surface area contributed by atoms with Gasteiger partial charge in [0.2, 0.25) is 5.95 Å². The van der Waals surface area contributed by atoms with Gasteiger partial charge < -0.3 is 30.2 Å². The molecule has 10 nitrogen and oxygen atoms in total. The number of benzene rings is 2. The van der Waals surface area contributed by atoms with Crippen LogP contribution in [0.4, 0.5) is 23.3 Å². The molecule has 1 aliphatic heterocycles. The zero-order chi connectivity index (χ0) is 26.2. The first kappa shape index (κ1) is 26.2. The van der Waals surface area contributed by atoms with Gasteiger partial charge in [-0.1, -0.05) is 23.7 Å². The van der Waals surface area contributed by atoms with E-state index >= 15 is 0 Å². The summed E-state index contributed by atoms with van der Waals surface area (Å²) >= 11 is 6.17. The molecule has 1 aliphatic carbocycles. The maximum absolute atomic E-state index is 9.57. The lowest BCUT2D eigenvalue weighted by atomic mass is 10.2. The van der Waals surface area contributed by atoms with Crippen LogP contribution in [0.5, 0.6) is 5.75 Å². The first-order chi connectivity index (χ1) is 18.0. The van der Waals surface area contributed by atoms with E-state index in [1.54, 1.807) is 13.3 Å².